The maximum Gasteiger partial charge on any atom is 0.271 e. The summed E-state index contributed by atoms with van der Waals surface area (Å²) in [6, 6.07) is 16.9. The first-order valence-electron chi connectivity index (χ1n) is 9.77. The molecule has 0 spiro atoms. The third kappa shape index (κ3) is 3.34. The van der Waals surface area contributed by atoms with Gasteiger partial charge in [0.25, 0.3) is 5.91 Å². The van der Waals surface area contributed by atoms with Crippen LogP contribution in [0.1, 0.15) is 27.7 Å². The van der Waals surface area contributed by atoms with E-state index in [1.165, 1.54) is 24.3 Å². The Balaban J connectivity index is 1.41. The van der Waals surface area contributed by atoms with E-state index in [4.69, 9.17) is 0 Å². The number of hydrogen-bond acceptors (Lipinski definition) is 2. The van der Waals surface area contributed by atoms with Gasteiger partial charge in [-0.15, -0.1) is 0 Å². The van der Waals surface area contributed by atoms with Crippen molar-refractivity contribution >= 4 is 5.91 Å². The summed E-state index contributed by atoms with van der Waals surface area (Å²) in [7, 11) is 0. The highest BCUT2D eigenvalue weighted by atomic mass is 19.1. The summed E-state index contributed by atoms with van der Waals surface area (Å²) in [5.41, 5.74) is 2.65. The molecule has 5 rings (SSSR count). The summed E-state index contributed by atoms with van der Waals surface area (Å²) in [6.07, 6.45) is 1.97. The quantitative estimate of drug-likeness (QED) is 0.674. The second-order valence-corrected chi connectivity index (χ2v) is 7.82. The van der Waals surface area contributed by atoms with E-state index in [0.717, 1.165) is 24.2 Å². The zero-order valence-electron chi connectivity index (χ0n) is 15.8. The van der Waals surface area contributed by atoms with Crippen LogP contribution in [0.15, 0.2) is 66.9 Å². The zero-order valence-corrected chi connectivity index (χ0v) is 15.8. The maximum atomic E-state index is 13.3. The lowest BCUT2D eigenvalue weighted by Gasteiger charge is -2.38. The fraction of sp³-hybridized carbons (Fsp3) is 0.261. The van der Waals surface area contributed by atoms with Gasteiger partial charge in [0.2, 0.25) is 0 Å². The predicted octanol–water partition coefficient (Wildman–Crippen LogP) is 3.85. The van der Waals surface area contributed by atoms with Gasteiger partial charge in [0.05, 0.1) is 12.1 Å². The van der Waals surface area contributed by atoms with E-state index < -0.39 is 0 Å². The van der Waals surface area contributed by atoms with Crippen molar-refractivity contribution in [3.63, 3.8) is 0 Å². The average molecular weight is 393 g/mol. The van der Waals surface area contributed by atoms with Crippen LogP contribution in [-0.2, 0) is 13.1 Å². The van der Waals surface area contributed by atoms with Crippen molar-refractivity contribution in [3.8, 4) is 0 Å². The summed E-state index contributed by atoms with van der Waals surface area (Å²) in [6.45, 7) is 2.72. The van der Waals surface area contributed by atoms with E-state index >= 15 is 0 Å². The van der Waals surface area contributed by atoms with Gasteiger partial charge in [-0.25, -0.2) is 8.78 Å². The SMILES string of the molecule is O=C1c2cccn2C2CN(Cc3ccc(F)cc3)CC2N1Cc1ccc(F)cc1. The van der Waals surface area contributed by atoms with E-state index in [2.05, 4.69) is 9.47 Å². The number of likely N-dealkylation sites (tertiary alicyclic amines) is 1. The summed E-state index contributed by atoms with van der Waals surface area (Å²) < 4.78 is 28.6. The van der Waals surface area contributed by atoms with Crippen molar-refractivity contribution in [3.05, 3.63) is 95.3 Å². The number of fused-ring (bicyclic) bond motifs is 3. The van der Waals surface area contributed by atoms with Crippen LogP contribution in [-0.4, -0.2) is 39.4 Å². The lowest BCUT2D eigenvalue weighted by molar-refractivity contribution is 0.0556. The molecule has 3 aromatic rings. The Labute approximate surface area is 168 Å². The van der Waals surface area contributed by atoms with Crippen LogP contribution in [0.4, 0.5) is 8.78 Å². The van der Waals surface area contributed by atoms with Gasteiger partial charge in [-0.1, -0.05) is 24.3 Å². The summed E-state index contributed by atoms with van der Waals surface area (Å²) >= 11 is 0. The van der Waals surface area contributed by atoms with Gasteiger partial charge in [0.1, 0.15) is 17.3 Å². The summed E-state index contributed by atoms with van der Waals surface area (Å²) in [4.78, 5) is 17.4. The molecule has 3 heterocycles. The van der Waals surface area contributed by atoms with Gasteiger partial charge in [-0.3, -0.25) is 9.69 Å². The number of hydrogen-bond donors (Lipinski definition) is 0. The minimum Gasteiger partial charge on any atom is -0.337 e. The number of halogens is 2. The topological polar surface area (TPSA) is 28.5 Å². The van der Waals surface area contributed by atoms with Crippen molar-refractivity contribution in [1.82, 2.24) is 14.4 Å². The Hall–Kier alpha value is -2.99. The lowest BCUT2D eigenvalue weighted by Crippen LogP contribution is -2.49. The second kappa shape index (κ2) is 7.12. The Morgan fingerprint density at radius 1 is 0.793 bits per heavy atom. The average Bonchev–Trinajstić information content (AvgIpc) is 3.35. The molecule has 0 aliphatic carbocycles. The predicted molar refractivity (Wildman–Crippen MR) is 105 cm³/mol. The van der Waals surface area contributed by atoms with E-state index in [9.17, 15) is 13.6 Å². The van der Waals surface area contributed by atoms with E-state index in [-0.39, 0.29) is 29.6 Å². The molecule has 2 aliphatic rings. The van der Waals surface area contributed by atoms with Gasteiger partial charge in [0.15, 0.2) is 0 Å². The van der Waals surface area contributed by atoms with Crippen LogP contribution < -0.4 is 0 Å². The fourth-order valence-corrected chi connectivity index (χ4v) is 4.54. The van der Waals surface area contributed by atoms with Gasteiger partial charge in [0, 0.05) is 32.4 Å². The first kappa shape index (κ1) is 18.1. The van der Waals surface area contributed by atoms with Crippen molar-refractivity contribution < 1.29 is 13.6 Å². The molecule has 2 aromatic carbocycles. The highest BCUT2D eigenvalue weighted by Gasteiger charge is 2.44. The normalized spacial score (nSPS) is 21.3. The Kier molecular flexibility index (Phi) is 4.43. The molecule has 1 fully saturated rings. The van der Waals surface area contributed by atoms with Crippen LogP contribution >= 0.6 is 0 Å². The fourth-order valence-electron chi connectivity index (χ4n) is 4.54. The van der Waals surface area contributed by atoms with Crippen LogP contribution in [0.3, 0.4) is 0 Å². The van der Waals surface area contributed by atoms with Crippen molar-refractivity contribution in [2.24, 2.45) is 0 Å². The zero-order chi connectivity index (χ0) is 20.0. The molecule has 148 valence electrons. The number of amides is 1. The standard InChI is InChI=1S/C23H21F2N3O/c24-18-7-3-16(4-8-18)12-26-14-21-22(15-26)28(13-17-5-9-19(25)10-6-17)23(29)20-2-1-11-27(20)21/h1-11,21-22H,12-15H2. The molecule has 1 aromatic heterocycles. The number of rotatable bonds is 4. The first-order chi connectivity index (χ1) is 14.1. The smallest absolute Gasteiger partial charge is 0.271 e. The highest BCUT2D eigenvalue weighted by Crippen LogP contribution is 2.35. The third-order valence-corrected chi connectivity index (χ3v) is 5.94. The second-order valence-electron chi connectivity index (χ2n) is 7.82. The van der Waals surface area contributed by atoms with E-state index in [0.29, 0.717) is 18.8 Å². The molecular weight excluding hydrogens is 372 g/mol. The summed E-state index contributed by atoms with van der Waals surface area (Å²) in [5.74, 6) is -0.516. The number of benzene rings is 2. The highest BCUT2D eigenvalue weighted by molar-refractivity contribution is 5.94. The first-order valence-corrected chi connectivity index (χ1v) is 9.77. The van der Waals surface area contributed by atoms with E-state index in [1.54, 1.807) is 24.3 Å². The Bertz CT molecular complexity index is 1030. The molecular formula is C23H21F2N3O. The molecule has 6 heteroatoms. The number of aromatic nitrogens is 1. The molecule has 1 saturated heterocycles. The van der Waals surface area contributed by atoms with Crippen molar-refractivity contribution in [2.45, 2.75) is 25.2 Å². The molecule has 0 saturated carbocycles. The van der Waals surface area contributed by atoms with Crippen LogP contribution in [0.5, 0.6) is 0 Å². The monoisotopic (exact) mass is 393 g/mol. The number of carbonyl (C=O) groups excluding carboxylic acids is 1. The maximum absolute atomic E-state index is 13.3. The van der Waals surface area contributed by atoms with Crippen LogP contribution in [0, 0.1) is 11.6 Å². The number of carbonyl (C=O) groups is 1. The molecule has 2 unspecified atom stereocenters. The van der Waals surface area contributed by atoms with Crippen LogP contribution in [0.2, 0.25) is 0 Å². The van der Waals surface area contributed by atoms with Gasteiger partial charge >= 0.3 is 0 Å². The Morgan fingerprint density at radius 2 is 1.38 bits per heavy atom. The molecule has 0 bridgehead atoms. The van der Waals surface area contributed by atoms with Crippen LogP contribution in [0.25, 0.3) is 0 Å². The molecule has 0 radical (unpaired) electrons. The van der Waals surface area contributed by atoms with Gasteiger partial charge < -0.3 is 9.47 Å². The molecule has 4 nitrogen and oxygen atoms in total. The largest absolute Gasteiger partial charge is 0.337 e. The summed E-state index contributed by atoms with van der Waals surface area (Å²) in [5, 5.41) is 0. The molecule has 2 aliphatic heterocycles. The van der Waals surface area contributed by atoms with E-state index in [1.807, 2.05) is 23.2 Å². The van der Waals surface area contributed by atoms with Gasteiger partial charge in [-0.05, 0) is 47.5 Å². The lowest BCUT2D eigenvalue weighted by atomic mass is 10.0. The molecule has 2 atom stereocenters. The molecule has 29 heavy (non-hydrogen) atoms. The Morgan fingerprint density at radius 3 is 2.03 bits per heavy atom. The minimum atomic E-state index is -0.281. The minimum absolute atomic E-state index is 0.00390. The molecule has 1 amide bonds. The van der Waals surface area contributed by atoms with Gasteiger partial charge in [-0.2, -0.15) is 0 Å². The molecule has 0 N–H and O–H groups in total. The third-order valence-electron chi connectivity index (χ3n) is 5.94. The number of nitrogens with zero attached hydrogens (tertiary/aromatic N) is 3. The van der Waals surface area contributed by atoms with Crippen molar-refractivity contribution in [1.29, 1.82) is 0 Å². The van der Waals surface area contributed by atoms with Crippen molar-refractivity contribution in [2.75, 3.05) is 13.1 Å².